The number of amides is 1. The zero-order valence-electron chi connectivity index (χ0n) is 13.2. The first kappa shape index (κ1) is 17.6. The van der Waals surface area contributed by atoms with Gasteiger partial charge < -0.3 is 5.32 Å². The summed E-state index contributed by atoms with van der Waals surface area (Å²) in [6, 6.07) is 15.5. The average Bonchev–Trinajstić information content (AvgIpc) is 2.80. The van der Waals surface area contributed by atoms with Crippen LogP contribution in [0.3, 0.4) is 0 Å². The first-order valence-corrected chi connectivity index (χ1v) is 9.53. The Morgan fingerprint density at radius 3 is 1.71 bits per heavy atom. The molecule has 1 saturated heterocycles. The van der Waals surface area contributed by atoms with Gasteiger partial charge in [0.2, 0.25) is 0 Å². The van der Waals surface area contributed by atoms with Crippen LogP contribution in [0, 0.1) is 0 Å². The van der Waals surface area contributed by atoms with E-state index in [9.17, 15) is 4.79 Å². The largest absolute Gasteiger partial charge is 0.341 e. The summed E-state index contributed by atoms with van der Waals surface area (Å²) in [5.74, 6) is -0.0489. The fourth-order valence-corrected chi connectivity index (χ4v) is 3.95. The number of nitrogens with one attached hydrogen (secondary N) is 1. The molecule has 2 aromatic rings. The normalized spacial score (nSPS) is 16.6. The number of thiocarbonyl (C=S) groups is 1. The molecule has 1 aliphatic heterocycles. The first-order valence-electron chi connectivity index (χ1n) is 7.54. The van der Waals surface area contributed by atoms with E-state index >= 15 is 0 Å². The average molecular weight is 468 g/mol. The molecule has 0 bridgehead atoms. The summed E-state index contributed by atoms with van der Waals surface area (Å²) in [6.45, 7) is 3.93. The van der Waals surface area contributed by atoms with Crippen molar-refractivity contribution in [1.29, 1.82) is 0 Å². The zero-order chi connectivity index (χ0) is 17.5. The predicted molar refractivity (Wildman–Crippen MR) is 107 cm³/mol. The van der Waals surface area contributed by atoms with E-state index in [0.29, 0.717) is 5.11 Å². The Hall–Kier alpha value is -1.24. The highest BCUT2D eigenvalue weighted by molar-refractivity contribution is 9.10. The van der Waals surface area contributed by atoms with Gasteiger partial charge in [-0.2, -0.15) is 0 Å². The summed E-state index contributed by atoms with van der Waals surface area (Å²) in [6.07, 6.45) is 0. The van der Waals surface area contributed by atoms with Crippen molar-refractivity contribution in [2.24, 2.45) is 0 Å². The third-order valence-corrected chi connectivity index (χ3v) is 5.48. The Balaban J connectivity index is 2.22. The molecule has 0 aliphatic carbocycles. The number of benzene rings is 2. The molecule has 0 saturated carbocycles. The van der Waals surface area contributed by atoms with Gasteiger partial charge in [0, 0.05) is 15.0 Å². The lowest BCUT2D eigenvalue weighted by Gasteiger charge is -2.29. The monoisotopic (exact) mass is 466 g/mol. The van der Waals surface area contributed by atoms with Crippen LogP contribution in [-0.4, -0.2) is 22.0 Å². The number of carbonyl (C=O) groups excluding carboxylic acids is 1. The molecule has 1 fully saturated rings. The summed E-state index contributed by atoms with van der Waals surface area (Å²) in [4.78, 5) is 15.1. The number of nitrogens with zero attached hydrogens (tertiary/aromatic N) is 1. The molecule has 0 spiro atoms. The van der Waals surface area contributed by atoms with Crippen molar-refractivity contribution < 1.29 is 4.79 Å². The van der Waals surface area contributed by atoms with E-state index in [0.717, 1.165) is 20.1 Å². The predicted octanol–water partition coefficient (Wildman–Crippen LogP) is 4.58. The fourth-order valence-electron chi connectivity index (χ4n) is 2.97. The second kappa shape index (κ2) is 6.58. The number of hydrogen-bond acceptors (Lipinski definition) is 2. The van der Waals surface area contributed by atoms with Crippen molar-refractivity contribution in [2.45, 2.75) is 25.4 Å². The van der Waals surface area contributed by atoms with Crippen LogP contribution in [0.5, 0.6) is 0 Å². The van der Waals surface area contributed by atoms with Crippen LogP contribution in [0.4, 0.5) is 0 Å². The van der Waals surface area contributed by atoms with E-state index in [2.05, 4.69) is 37.2 Å². The summed E-state index contributed by atoms with van der Waals surface area (Å²) < 4.78 is 1.93. The Kier molecular flexibility index (Phi) is 4.82. The number of rotatable bonds is 3. The molecule has 124 valence electrons. The Morgan fingerprint density at radius 2 is 1.38 bits per heavy atom. The smallest absolute Gasteiger partial charge is 0.264 e. The molecule has 3 rings (SSSR count). The van der Waals surface area contributed by atoms with E-state index in [1.54, 1.807) is 4.90 Å². The van der Waals surface area contributed by atoms with Crippen LogP contribution in [0.25, 0.3) is 0 Å². The fraction of sp³-hybridized carbons (Fsp3) is 0.222. The molecule has 1 aliphatic rings. The lowest BCUT2D eigenvalue weighted by molar-refractivity contribution is -0.131. The van der Waals surface area contributed by atoms with E-state index in [-0.39, 0.29) is 11.9 Å². The highest BCUT2D eigenvalue weighted by Gasteiger charge is 2.52. The van der Waals surface area contributed by atoms with Gasteiger partial charge in [-0.15, -0.1) is 0 Å². The van der Waals surface area contributed by atoms with Gasteiger partial charge in [-0.05, 0) is 61.5 Å². The highest BCUT2D eigenvalue weighted by atomic mass is 79.9. The third-order valence-electron chi connectivity index (χ3n) is 4.12. The second-order valence-corrected chi connectivity index (χ2v) is 8.18. The second-order valence-electron chi connectivity index (χ2n) is 5.96. The molecule has 1 N–H and O–H groups in total. The Morgan fingerprint density at radius 1 is 0.958 bits per heavy atom. The van der Waals surface area contributed by atoms with Crippen molar-refractivity contribution in [3.8, 4) is 0 Å². The summed E-state index contributed by atoms with van der Waals surface area (Å²) in [7, 11) is 0. The van der Waals surface area contributed by atoms with Crippen LogP contribution >= 0.6 is 44.1 Å². The van der Waals surface area contributed by atoms with Gasteiger partial charge >= 0.3 is 0 Å². The highest BCUT2D eigenvalue weighted by Crippen LogP contribution is 2.37. The molecule has 0 aromatic heterocycles. The molecule has 3 nitrogen and oxygen atoms in total. The molecular weight excluding hydrogens is 452 g/mol. The van der Waals surface area contributed by atoms with Crippen LogP contribution in [-0.2, 0) is 10.3 Å². The van der Waals surface area contributed by atoms with Gasteiger partial charge in [-0.3, -0.25) is 9.69 Å². The summed E-state index contributed by atoms with van der Waals surface area (Å²) >= 11 is 12.4. The molecular formula is C18H16Br2N2OS. The Bertz CT molecular complexity index is 742. The van der Waals surface area contributed by atoms with E-state index in [4.69, 9.17) is 12.2 Å². The van der Waals surface area contributed by atoms with Crippen molar-refractivity contribution >= 4 is 55.1 Å². The first-order chi connectivity index (χ1) is 11.4. The van der Waals surface area contributed by atoms with Gasteiger partial charge in [0.05, 0.1) is 0 Å². The maximum Gasteiger partial charge on any atom is 0.264 e. The molecule has 0 unspecified atom stereocenters. The third kappa shape index (κ3) is 2.80. The number of hydrogen-bond donors (Lipinski definition) is 1. The Labute approximate surface area is 163 Å². The van der Waals surface area contributed by atoms with E-state index in [1.807, 2.05) is 62.4 Å². The number of halogens is 2. The topological polar surface area (TPSA) is 32.3 Å². The standard InChI is InChI=1S/C18H16Br2N2OS/c1-11(2)22-16(23)18(21-17(22)24,12-3-7-14(19)8-4-12)13-5-9-15(20)10-6-13/h3-11H,1-2H3,(H,21,24). The lowest BCUT2D eigenvalue weighted by atomic mass is 9.82. The van der Waals surface area contributed by atoms with E-state index in [1.165, 1.54) is 0 Å². The van der Waals surface area contributed by atoms with Gasteiger partial charge in [-0.25, -0.2) is 0 Å². The lowest BCUT2D eigenvalue weighted by Crippen LogP contribution is -2.45. The van der Waals surface area contributed by atoms with Crippen LogP contribution in [0.2, 0.25) is 0 Å². The van der Waals surface area contributed by atoms with Gasteiger partial charge in [0.1, 0.15) is 0 Å². The minimum absolute atomic E-state index is 0.00901. The van der Waals surface area contributed by atoms with Gasteiger partial charge in [0.15, 0.2) is 10.7 Å². The van der Waals surface area contributed by atoms with Crippen LogP contribution in [0.1, 0.15) is 25.0 Å². The molecule has 6 heteroatoms. The minimum atomic E-state index is -0.997. The molecule has 0 radical (unpaired) electrons. The molecule has 24 heavy (non-hydrogen) atoms. The molecule has 0 atom stereocenters. The minimum Gasteiger partial charge on any atom is -0.341 e. The maximum absolute atomic E-state index is 13.4. The number of carbonyl (C=O) groups is 1. The van der Waals surface area contributed by atoms with Crippen molar-refractivity contribution in [1.82, 2.24) is 10.2 Å². The quantitative estimate of drug-likeness (QED) is 0.670. The molecule has 1 heterocycles. The SMILES string of the molecule is CC(C)N1C(=O)C(c2ccc(Br)cc2)(c2ccc(Br)cc2)NC1=S. The van der Waals surface area contributed by atoms with Crippen molar-refractivity contribution in [3.63, 3.8) is 0 Å². The van der Waals surface area contributed by atoms with Gasteiger partial charge in [-0.1, -0.05) is 56.1 Å². The van der Waals surface area contributed by atoms with Crippen LogP contribution < -0.4 is 5.32 Å². The molecule has 2 aromatic carbocycles. The summed E-state index contributed by atoms with van der Waals surface area (Å²) in [5.41, 5.74) is 0.731. The van der Waals surface area contributed by atoms with Gasteiger partial charge in [0.25, 0.3) is 5.91 Å². The van der Waals surface area contributed by atoms with Crippen molar-refractivity contribution in [3.05, 3.63) is 68.6 Å². The van der Waals surface area contributed by atoms with Crippen LogP contribution in [0.15, 0.2) is 57.5 Å². The van der Waals surface area contributed by atoms with E-state index < -0.39 is 5.54 Å². The van der Waals surface area contributed by atoms with Crippen molar-refractivity contribution in [2.75, 3.05) is 0 Å². The molecule has 1 amide bonds. The zero-order valence-corrected chi connectivity index (χ0v) is 17.2. The summed E-state index contributed by atoms with van der Waals surface area (Å²) in [5, 5.41) is 3.76. The maximum atomic E-state index is 13.4.